The molecule has 1 aromatic carbocycles. The van der Waals surface area contributed by atoms with Crippen molar-refractivity contribution in [1.82, 2.24) is 4.90 Å². The van der Waals surface area contributed by atoms with Crippen molar-refractivity contribution in [2.45, 2.75) is 40.2 Å². The highest BCUT2D eigenvalue weighted by molar-refractivity contribution is 9.10. The maximum absolute atomic E-state index is 12.5. The number of rotatable bonds is 3. The van der Waals surface area contributed by atoms with E-state index in [9.17, 15) is 4.79 Å². The molecule has 0 saturated carbocycles. The molecule has 0 radical (unpaired) electrons. The predicted molar refractivity (Wildman–Crippen MR) is 87.1 cm³/mol. The Morgan fingerprint density at radius 3 is 2.40 bits per heavy atom. The van der Waals surface area contributed by atoms with Crippen LogP contribution in [-0.2, 0) is 0 Å². The number of benzene rings is 1. The summed E-state index contributed by atoms with van der Waals surface area (Å²) in [5.74, 6) is 0.912. The van der Waals surface area contributed by atoms with Crippen LogP contribution in [0.1, 0.15) is 44.5 Å². The van der Waals surface area contributed by atoms with Gasteiger partial charge >= 0.3 is 0 Å². The van der Waals surface area contributed by atoms with Crippen molar-refractivity contribution in [3.63, 3.8) is 0 Å². The standard InChI is InChI=1S/C17H24BrNO/c1-12(16(20)13-5-7-15(18)8-6-13)19-10-9-14(11-19)17(2,3)4/h5-8,12,14H,9-11H2,1-4H3. The summed E-state index contributed by atoms with van der Waals surface area (Å²) in [6, 6.07) is 7.65. The van der Waals surface area contributed by atoms with Crippen LogP contribution in [0.5, 0.6) is 0 Å². The molecule has 3 heteroatoms. The van der Waals surface area contributed by atoms with Gasteiger partial charge in [-0.1, -0.05) is 48.8 Å². The smallest absolute Gasteiger partial charge is 0.179 e. The molecule has 1 aliphatic heterocycles. The van der Waals surface area contributed by atoms with Crippen molar-refractivity contribution >= 4 is 21.7 Å². The molecule has 0 bridgehead atoms. The van der Waals surface area contributed by atoms with Crippen LogP contribution in [0.25, 0.3) is 0 Å². The lowest BCUT2D eigenvalue weighted by Crippen LogP contribution is -2.38. The lowest BCUT2D eigenvalue weighted by atomic mass is 9.80. The van der Waals surface area contributed by atoms with E-state index in [4.69, 9.17) is 0 Å². The molecule has 20 heavy (non-hydrogen) atoms. The van der Waals surface area contributed by atoms with Gasteiger partial charge in [0, 0.05) is 16.6 Å². The number of ketones is 1. The number of halogens is 1. The van der Waals surface area contributed by atoms with Crippen molar-refractivity contribution in [1.29, 1.82) is 0 Å². The van der Waals surface area contributed by atoms with Gasteiger partial charge < -0.3 is 0 Å². The van der Waals surface area contributed by atoms with Gasteiger partial charge in [0.2, 0.25) is 0 Å². The number of likely N-dealkylation sites (tertiary alicyclic amines) is 1. The average molecular weight is 338 g/mol. The molecule has 2 rings (SSSR count). The Balaban J connectivity index is 2.03. The highest BCUT2D eigenvalue weighted by Crippen LogP contribution is 2.34. The Labute approximate surface area is 130 Å². The second kappa shape index (κ2) is 5.98. The number of carbonyl (C=O) groups excluding carboxylic acids is 1. The first-order chi connectivity index (χ1) is 9.29. The highest BCUT2D eigenvalue weighted by atomic mass is 79.9. The molecule has 0 amide bonds. The van der Waals surface area contributed by atoms with Crippen molar-refractivity contribution in [3.05, 3.63) is 34.3 Å². The maximum atomic E-state index is 12.5. The van der Waals surface area contributed by atoms with Crippen LogP contribution in [0.2, 0.25) is 0 Å². The minimum atomic E-state index is -0.0245. The van der Waals surface area contributed by atoms with Crippen LogP contribution in [0.4, 0.5) is 0 Å². The third kappa shape index (κ3) is 3.50. The van der Waals surface area contributed by atoms with Crippen LogP contribution >= 0.6 is 15.9 Å². The predicted octanol–water partition coefficient (Wildman–Crippen LogP) is 4.39. The first kappa shape index (κ1) is 15.7. The second-order valence-electron chi connectivity index (χ2n) is 6.89. The molecule has 2 atom stereocenters. The number of nitrogens with zero attached hydrogens (tertiary/aromatic N) is 1. The molecule has 1 heterocycles. The van der Waals surface area contributed by atoms with Crippen molar-refractivity contribution < 1.29 is 4.79 Å². The molecule has 1 aromatic rings. The van der Waals surface area contributed by atoms with Crippen LogP contribution in [-0.4, -0.2) is 29.8 Å². The topological polar surface area (TPSA) is 20.3 Å². The zero-order chi connectivity index (χ0) is 14.9. The van der Waals surface area contributed by atoms with Gasteiger partial charge in [-0.25, -0.2) is 0 Å². The third-order valence-electron chi connectivity index (χ3n) is 4.50. The molecule has 1 saturated heterocycles. The number of carbonyl (C=O) groups is 1. The summed E-state index contributed by atoms with van der Waals surface area (Å²) in [7, 11) is 0. The van der Waals surface area contributed by atoms with Gasteiger partial charge in [0.25, 0.3) is 0 Å². The molecular weight excluding hydrogens is 314 g/mol. The summed E-state index contributed by atoms with van der Waals surface area (Å²) >= 11 is 3.41. The van der Waals surface area contributed by atoms with Gasteiger partial charge in [-0.05, 0) is 43.4 Å². The van der Waals surface area contributed by atoms with E-state index in [2.05, 4.69) is 41.6 Å². The summed E-state index contributed by atoms with van der Waals surface area (Å²) in [5.41, 5.74) is 1.13. The quantitative estimate of drug-likeness (QED) is 0.762. The summed E-state index contributed by atoms with van der Waals surface area (Å²) < 4.78 is 1.01. The zero-order valence-electron chi connectivity index (χ0n) is 12.8. The molecule has 0 N–H and O–H groups in total. The lowest BCUT2D eigenvalue weighted by molar-refractivity contribution is 0.0853. The van der Waals surface area contributed by atoms with Crippen LogP contribution in [0.15, 0.2) is 28.7 Å². The normalized spacial score (nSPS) is 21.9. The fourth-order valence-corrected chi connectivity index (χ4v) is 3.13. The third-order valence-corrected chi connectivity index (χ3v) is 5.03. The largest absolute Gasteiger partial charge is 0.293 e. The first-order valence-corrected chi connectivity index (χ1v) is 8.12. The monoisotopic (exact) mass is 337 g/mol. The average Bonchev–Trinajstić information content (AvgIpc) is 2.87. The highest BCUT2D eigenvalue weighted by Gasteiger charge is 2.35. The molecular formula is C17H24BrNO. The molecule has 2 nitrogen and oxygen atoms in total. The second-order valence-corrected chi connectivity index (χ2v) is 7.81. The van der Waals surface area contributed by atoms with E-state index >= 15 is 0 Å². The Morgan fingerprint density at radius 1 is 1.30 bits per heavy atom. The van der Waals surface area contributed by atoms with Gasteiger partial charge in [-0.15, -0.1) is 0 Å². The van der Waals surface area contributed by atoms with Gasteiger partial charge in [-0.3, -0.25) is 9.69 Å². The molecule has 2 unspecified atom stereocenters. The molecule has 1 fully saturated rings. The summed E-state index contributed by atoms with van der Waals surface area (Å²) in [4.78, 5) is 14.9. The van der Waals surface area contributed by atoms with Crippen molar-refractivity contribution in [2.75, 3.05) is 13.1 Å². The van der Waals surface area contributed by atoms with Gasteiger partial charge in [0.15, 0.2) is 5.78 Å². The Morgan fingerprint density at radius 2 is 1.90 bits per heavy atom. The summed E-state index contributed by atoms with van der Waals surface area (Å²) in [6.45, 7) is 11.0. The molecule has 0 spiro atoms. The zero-order valence-corrected chi connectivity index (χ0v) is 14.4. The van der Waals surface area contributed by atoms with E-state index in [0.29, 0.717) is 11.3 Å². The molecule has 110 valence electrons. The van der Waals surface area contributed by atoms with Crippen molar-refractivity contribution in [3.8, 4) is 0 Å². The first-order valence-electron chi connectivity index (χ1n) is 7.33. The molecule has 1 aliphatic rings. The van der Waals surface area contributed by atoms with Gasteiger partial charge in [0.05, 0.1) is 6.04 Å². The minimum Gasteiger partial charge on any atom is -0.293 e. The Bertz CT molecular complexity index is 475. The van der Waals surface area contributed by atoms with Crippen LogP contribution in [0.3, 0.4) is 0 Å². The van der Waals surface area contributed by atoms with Crippen LogP contribution < -0.4 is 0 Å². The fraction of sp³-hybridized carbons (Fsp3) is 0.588. The van der Waals surface area contributed by atoms with Gasteiger partial charge in [0.1, 0.15) is 0 Å². The van der Waals surface area contributed by atoms with E-state index in [0.717, 1.165) is 23.1 Å². The molecule has 0 aliphatic carbocycles. The van der Waals surface area contributed by atoms with E-state index in [1.54, 1.807) is 0 Å². The minimum absolute atomic E-state index is 0.0245. The van der Waals surface area contributed by atoms with Crippen molar-refractivity contribution in [2.24, 2.45) is 11.3 Å². The lowest BCUT2D eigenvalue weighted by Gasteiger charge is -2.28. The van der Waals surface area contributed by atoms with Crippen LogP contribution in [0, 0.1) is 11.3 Å². The number of Topliss-reactive ketones (excluding diaryl/α,β-unsaturated/α-hetero) is 1. The Kier molecular flexibility index (Phi) is 4.70. The number of hydrogen-bond acceptors (Lipinski definition) is 2. The summed E-state index contributed by atoms with van der Waals surface area (Å²) in [5, 5.41) is 0. The van der Waals surface area contributed by atoms with E-state index in [-0.39, 0.29) is 11.8 Å². The molecule has 0 aromatic heterocycles. The van der Waals surface area contributed by atoms with Gasteiger partial charge in [-0.2, -0.15) is 0 Å². The number of hydrogen-bond donors (Lipinski definition) is 0. The fourth-order valence-electron chi connectivity index (χ4n) is 2.87. The van der Waals surface area contributed by atoms with E-state index < -0.39 is 0 Å². The maximum Gasteiger partial charge on any atom is 0.179 e. The Hall–Kier alpha value is -0.670. The van der Waals surface area contributed by atoms with E-state index in [1.165, 1.54) is 6.42 Å². The van der Waals surface area contributed by atoms with E-state index in [1.807, 2.05) is 31.2 Å². The SMILES string of the molecule is CC(C(=O)c1ccc(Br)cc1)N1CCC(C(C)(C)C)C1. The summed E-state index contributed by atoms with van der Waals surface area (Å²) in [6.07, 6.45) is 1.20.